The van der Waals surface area contributed by atoms with Crippen molar-refractivity contribution in [2.24, 2.45) is 0 Å². The fourth-order valence-electron chi connectivity index (χ4n) is 2.03. The Labute approximate surface area is 140 Å². The fourth-order valence-corrected chi connectivity index (χ4v) is 2.03. The average Bonchev–Trinajstić information content (AvgIpc) is 3.04. The molecule has 0 saturated heterocycles. The van der Waals surface area contributed by atoms with E-state index in [1.54, 1.807) is 0 Å². The normalized spacial score (nSPS) is 11.6. The third-order valence-electron chi connectivity index (χ3n) is 3.55. The molecule has 1 heterocycles. The van der Waals surface area contributed by atoms with Crippen molar-refractivity contribution >= 4 is 17.7 Å². The van der Waals surface area contributed by atoms with E-state index in [-0.39, 0.29) is 17.4 Å². The number of amides is 1. The maximum Gasteiger partial charge on any atom is 0.355 e. The first-order chi connectivity index (χ1) is 11.4. The van der Waals surface area contributed by atoms with E-state index in [0.717, 1.165) is 11.1 Å². The first kappa shape index (κ1) is 17.5. The monoisotopic (exact) mass is 328 g/mol. The van der Waals surface area contributed by atoms with E-state index in [4.69, 9.17) is 4.74 Å². The number of carbonyl (C=O) groups excluding carboxylic acids is 3. The minimum absolute atomic E-state index is 0.137. The zero-order valence-electron chi connectivity index (χ0n) is 13.9. The molecule has 1 amide bonds. The first-order valence-electron chi connectivity index (χ1n) is 7.60. The van der Waals surface area contributed by atoms with Gasteiger partial charge in [0, 0.05) is 18.3 Å². The Morgan fingerprint density at radius 3 is 2.46 bits per heavy atom. The van der Waals surface area contributed by atoms with Gasteiger partial charge in [0.05, 0.1) is 0 Å². The van der Waals surface area contributed by atoms with Crippen LogP contribution in [-0.4, -0.2) is 28.7 Å². The predicted molar refractivity (Wildman–Crippen MR) is 88.7 cm³/mol. The molecule has 2 N–H and O–H groups in total. The number of carbonyl (C=O) groups is 3. The molecule has 0 fully saturated rings. The topological polar surface area (TPSA) is 88.3 Å². The summed E-state index contributed by atoms with van der Waals surface area (Å²) >= 11 is 0. The van der Waals surface area contributed by atoms with Crippen molar-refractivity contribution in [1.29, 1.82) is 0 Å². The predicted octanol–water partition coefficient (Wildman–Crippen LogP) is 2.39. The fraction of sp³-hybridized carbons (Fsp3) is 0.278. The van der Waals surface area contributed by atoms with E-state index in [2.05, 4.69) is 10.3 Å². The summed E-state index contributed by atoms with van der Waals surface area (Å²) in [5.74, 6) is -1.23. The van der Waals surface area contributed by atoms with Crippen molar-refractivity contribution in [2.45, 2.75) is 33.4 Å². The molecule has 0 aliphatic carbocycles. The Kier molecular flexibility index (Phi) is 5.52. The van der Waals surface area contributed by atoms with Gasteiger partial charge in [0.1, 0.15) is 5.69 Å². The van der Waals surface area contributed by atoms with Crippen LogP contribution in [0.4, 0.5) is 0 Å². The molecule has 6 nitrogen and oxygen atoms in total. The Hall–Kier alpha value is -2.89. The van der Waals surface area contributed by atoms with Gasteiger partial charge < -0.3 is 15.0 Å². The highest BCUT2D eigenvalue weighted by atomic mass is 16.5. The van der Waals surface area contributed by atoms with E-state index < -0.39 is 12.1 Å². The van der Waals surface area contributed by atoms with Gasteiger partial charge in [-0.25, -0.2) is 4.79 Å². The second-order valence-corrected chi connectivity index (χ2v) is 5.61. The summed E-state index contributed by atoms with van der Waals surface area (Å²) in [5.41, 5.74) is 2.63. The summed E-state index contributed by atoms with van der Waals surface area (Å²) in [6.45, 7) is 5.25. The Morgan fingerprint density at radius 1 is 1.21 bits per heavy atom. The zero-order chi connectivity index (χ0) is 17.7. The summed E-state index contributed by atoms with van der Waals surface area (Å²) in [5, 5.41) is 2.72. The van der Waals surface area contributed by atoms with Crippen molar-refractivity contribution in [3.8, 4) is 0 Å². The van der Waals surface area contributed by atoms with Crippen LogP contribution < -0.4 is 5.32 Å². The molecule has 2 aromatic rings. The van der Waals surface area contributed by atoms with Crippen LogP contribution in [0.5, 0.6) is 0 Å². The Bertz CT molecular complexity index is 747. The number of Topliss-reactive ketones (excluding diaryl/α,β-unsaturated/α-hetero) is 1. The van der Waals surface area contributed by atoms with Crippen LogP contribution in [0.1, 0.15) is 45.8 Å². The number of hydrogen-bond donors (Lipinski definition) is 2. The summed E-state index contributed by atoms with van der Waals surface area (Å²) in [6, 6.07) is 9.18. The van der Waals surface area contributed by atoms with E-state index in [1.807, 2.05) is 31.2 Å². The molecule has 126 valence electrons. The van der Waals surface area contributed by atoms with Crippen LogP contribution in [0, 0.1) is 6.92 Å². The molecular formula is C18H20N2O4. The van der Waals surface area contributed by atoms with Gasteiger partial charge in [-0.3, -0.25) is 9.59 Å². The number of benzene rings is 1. The van der Waals surface area contributed by atoms with Gasteiger partial charge in [-0.05, 0) is 32.4 Å². The molecule has 6 heteroatoms. The van der Waals surface area contributed by atoms with Crippen LogP contribution >= 0.6 is 0 Å². The van der Waals surface area contributed by atoms with Crippen LogP contribution in [0.2, 0.25) is 0 Å². The van der Waals surface area contributed by atoms with Crippen molar-refractivity contribution in [2.75, 3.05) is 0 Å². The zero-order valence-corrected chi connectivity index (χ0v) is 13.9. The van der Waals surface area contributed by atoms with Gasteiger partial charge in [0.15, 0.2) is 11.9 Å². The molecule has 0 unspecified atom stereocenters. The highest BCUT2D eigenvalue weighted by Gasteiger charge is 2.20. The number of nitrogens with one attached hydrogen (secondary N) is 2. The number of aromatic nitrogens is 1. The Balaban J connectivity index is 1.87. The molecule has 0 bridgehead atoms. The van der Waals surface area contributed by atoms with Crippen LogP contribution in [0.15, 0.2) is 36.5 Å². The maximum absolute atomic E-state index is 12.0. The smallest absolute Gasteiger partial charge is 0.355 e. The van der Waals surface area contributed by atoms with E-state index in [0.29, 0.717) is 12.1 Å². The Morgan fingerprint density at radius 2 is 1.88 bits per heavy atom. The van der Waals surface area contributed by atoms with Crippen LogP contribution in [-0.2, 0) is 16.1 Å². The number of aromatic amines is 1. The molecule has 2 rings (SSSR count). The van der Waals surface area contributed by atoms with Crippen molar-refractivity contribution in [1.82, 2.24) is 10.3 Å². The lowest BCUT2D eigenvalue weighted by molar-refractivity contribution is -0.129. The van der Waals surface area contributed by atoms with Gasteiger partial charge in [0.25, 0.3) is 5.91 Å². The third kappa shape index (κ3) is 4.55. The lowest BCUT2D eigenvalue weighted by atomic mass is 10.1. The van der Waals surface area contributed by atoms with Gasteiger partial charge in [-0.2, -0.15) is 0 Å². The van der Waals surface area contributed by atoms with Gasteiger partial charge >= 0.3 is 5.97 Å². The maximum atomic E-state index is 12.0. The molecule has 0 spiro atoms. The minimum atomic E-state index is -0.938. The summed E-state index contributed by atoms with van der Waals surface area (Å²) in [4.78, 5) is 37.9. The number of rotatable bonds is 6. The molecule has 1 aromatic heterocycles. The van der Waals surface area contributed by atoms with E-state index >= 15 is 0 Å². The van der Waals surface area contributed by atoms with Crippen molar-refractivity contribution in [3.05, 3.63) is 58.9 Å². The van der Waals surface area contributed by atoms with Crippen LogP contribution in [0.3, 0.4) is 0 Å². The highest BCUT2D eigenvalue weighted by Crippen LogP contribution is 2.08. The number of hydrogen-bond acceptors (Lipinski definition) is 4. The average molecular weight is 328 g/mol. The SMILES string of the molecule is CC(=O)c1c[nH]c(C(=O)O[C@@H](C)C(=O)NCc2ccc(C)cc2)c1. The van der Waals surface area contributed by atoms with Crippen molar-refractivity contribution in [3.63, 3.8) is 0 Å². The molecule has 24 heavy (non-hydrogen) atoms. The number of ketones is 1. The van der Waals surface area contributed by atoms with Gasteiger partial charge in [-0.1, -0.05) is 29.8 Å². The number of aryl methyl sites for hydroxylation is 1. The van der Waals surface area contributed by atoms with Gasteiger partial charge in [-0.15, -0.1) is 0 Å². The molecule has 0 aliphatic heterocycles. The lowest BCUT2D eigenvalue weighted by Gasteiger charge is -2.13. The summed E-state index contributed by atoms with van der Waals surface area (Å²) in [7, 11) is 0. The number of ether oxygens (including phenoxy) is 1. The summed E-state index contributed by atoms with van der Waals surface area (Å²) < 4.78 is 5.11. The number of esters is 1. The molecule has 0 aliphatic rings. The second-order valence-electron chi connectivity index (χ2n) is 5.61. The number of H-pyrrole nitrogens is 1. The summed E-state index contributed by atoms with van der Waals surface area (Å²) in [6.07, 6.45) is 0.494. The van der Waals surface area contributed by atoms with Crippen molar-refractivity contribution < 1.29 is 19.1 Å². The largest absolute Gasteiger partial charge is 0.448 e. The second kappa shape index (κ2) is 7.59. The molecule has 1 atom stereocenters. The lowest BCUT2D eigenvalue weighted by Crippen LogP contribution is -2.35. The highest BCUT2D eigenvalue weighted by molar-refractivity contribution is 5.98. The first-order valence-corrected chi connectivity index (χ1v) is 7.60. The third-order valence-corrected chi connectivity index (χ3v) is 3.55. The van der Waals surface area contributed by atoms with E-state index in [9.17, 15) is 14.4 Å². The van der Waals surface area contributed by atoms with Gasteiger partial charge in [0.2, 0.25) is 0 Å². The molecule has 0 saturated carbocycles. The molecule has 0 radical (unpaired) electrons. The minimum Gasteiger partial charge on any atom is -0.448 e. The van der Waals surface area contributed by atoms with Crippen LogP contribution in [0.25, 0.3) is 0 Å². The molecule has 1 aromatic carbocycles. The quantitative estimate of drug-likeness (QED) is 0.629. The molecular weight excluding hydrogens is 308 g/mol. The standard InChI is InChI=1S/C18H20N2O4/c1-11-4-6-14(7-5-11)9-20-17(22)13(3)24-18(23)16-8-15(10-19-16)12(2)21/h4-8,10,13,19H,9H2,1-3H3,(H,20,22)/t13-/m0/s1. The van der Waals surface area contributed by atoms with E-state index in [1.165, 1.54) is 26.1 Å².